The first-order valence-corrected chi connectivity index (χ1v) is 9.72. The van der Waals surface area contributed by atoms with Gasteiger partial charge >= 0.3 is 0 Å². The zero-order valence-electron chi connectivity index (χ0n) is 15.9. The summed E-state index contributed by atoms with van der Waals surface area (Å²) in [6.07, 6.45) is 2.08. The molecule has 0 saturated carbocycles. The van der Waals surface area contributed by atoms with Crippen LogP contribution in [0.5, 0.6) is 0 Å². The molecule has 2 aromatic rings. The molecule has 1 unspecified atom stereocenters. The van der Waals surface area contributed by atoms with Gasteiger partial charge in [-0.25, -0.2) is 4.39 Å². The van der Waals surface area contributed by atoms with E-state index in [1.807, 2.05) is 30.3 Å². The summed E-state index contributed by atoms with van der Waals surface area (Å²) in [5, 5.41) is 2.93. The van der Waals surface area contributed by atoms with E-state index in [0.717, 1.165) is 12.0 Å². The minimum absolute atomic E-state index is 0.0892. The van der Waals surface area contributed by atoms with Crippen molar-refractivity contribution >= 4 is 11.8 Å². The van der Waals surface area contributed by atoms with Crippen LogP contribution in [0.25, 0.3) is 0 Å². The summed E-state index contributed by atoms with van der Waals surface area (Å²) in [5.41, 5.74) is 5.60. The molecule has 0 aromatic heterocycles. The Bertz CT molecular complexity index is 812. The van der Waals surface area contributed by atoms with Crippen LogP contribution in [0.1, 0.15) is 30.4 Å². The molecule has 2 aromatic carbocycles. The molecule has 1 aliphatic heterocycles. The number of nitrogens with zero attached hydrogens (tertiary/aromatic N) is 1. The third-order valence-corrected chi connectivity index (χ3v) is 5.12. The van der Waals surface area contributed by atoms with Gasteiger partial charge in [-0.1, -0.05) is 48.5 Å². The van der Waals surface area contributed by atoms with Crippen LogP contribution in [-0.2, 0) is 22.6 Å². The normalized spacial score (nSPS) is 17.4. The van der Waals surface area contributed by atoms with Crippen molar-refractivity contribution in [3.63, 3.8) is 0 Å². The fourth-order valence-corrected chi connectivity index (χ4v) is 3.65. The number of carbonyl (C=O) groups is 2. The second-order valence-electron chi connectivity index (χ2n) is 7.31. The third kappa shape index (κ3) is 5.16. The SMILES string of the molecule is [NH3+]C(CC(=O)N1CCC[C@H]1C(=O)NCc1ccccc1)Cc1ccccc1F. The highest BCUT2D eigenvalue weighted by atomic mass is 19.1. The molecule has 1 saturated heterocycles. The second-order valence-corrected chi connectivity index (χ2v) is 7.31. The number of likely N-dealkylation sites (tertiary alicyclic amines) is 1. The van der Waals surface area contributed by atoms with E-state index in [2.05, 4.69) is 11.1 Å². The number of hydrogen-bond acceptors (Lipinski definition) is 2. The Balaban J connectivity index is 1.53. The number of nitrogens with one attached hydrogen (secondary N) is 1. The molecular formula is C22H27FN3O2+. The maximum Gasteiger partial charge on any atom is 0.243 e. The van der Waals surface area contributed by atoms with Crippen molar-refractivity contribution in [1.82, 2.24) is 10.2 Å². The van der Waals surface area contributed by atoms with Crippen LogP contribution in [0.15, 0.2) is 54.6 Å². The Labute approximate surface area is 164 Å². The van der Waals surface area contributed by atoms with Gasteiger partial charge in [0.25, 0.3) is 0 Å². The van der Waals surface area contributed by atoms with E-state index in [-0.39, 0.29) is 30.1 Å². The first-order chi connectivity index (χ1) is 13.5. The lowest BCUT2D eigenvalue weighted by Gasteiger charge is -2.24. The van der Waals surface area contributed by atoms with Crippen LogP contribution in [-0.4, -0.2) is 35.3 Å². The van der Waals surface area contributed by atoms with Crippen LogP contribution in [0.4, 0.5) is 4.39 Å². The van der Waals surface area contributed by atoms with E-state index < -0.39 is 6.04 Å². The maximum absolute atomic E-state index is 13.8. The van der Waals surface area contributed by atoms with E-state index >= 15 is 0 Å². The quantitative estimate of drug-likeness (QED) is 0.762. The van der Waals surface area contributed by atoms with Crippen LogP contribution >= 0.6 is 0 Å². The van der Waals surface area contributed by atoms with E-state index in [4.69, 9.17) is 0 Å². The van der Waals surface area contributed by atoms with Crippen molar-refractivity contribution in [3.8, 4) is 0 Å². The van der Waals surface area contributed by atoms with Crippen molar-refractivity contribution in [3.05, 3.63) is 71.5 Å². The van der Waals surface area contributed by atoms with Gasteiger partial charge in [-0.3, -0.25) is 9.59 Å². The summed E-state index contributed by atoms with van der Waals surface area (Å²) < 4.78 is 13.8. The van der Waals surface area contributed by atoms with Crippen molar-refractivity contribution in [1.29, 1.82) is 0 Å². The third-order valence-electron chi connectivity index (χ3n) is 5.12. The first-order valence-electron chi connectivity index (χ1n) is 9.72. The van der Waals surface area contributed by atoms with E-state index in [1.54, 1.807) is 23.1 Å². The van der Waals surface area contributed by atoms with Crippen molar-refractivity contribution in [2.24, 2.45) is 0 Å². The van der Waals surface area contributed by atoms with Crippen LogP contribution in [0.2, 0.25) is 0 Å². The predicted molar refractivity (Wildman–Crippen MR) is 104 cm³/mol. The zero-order valence-corrected chi connectivity index (χ0v) is 15.9. The lowest BCUT2D eigenvalue weighted by atomic mass is 10.0. The minimum Gasteiger partial charge on any atom is -0.354 e. The molecule has 1 aliphatic rings. The molecule has 3 rings (SSSR count). The van der Waals surface area contributed by atoms with Crippen LogP contribution < -0.4 is 11.1 Å². The molecule has 148 valence electrons. The largest absolute Gasteiger partial charge is 0.354 e. The Morgan fingerprint density at radius 2 is 1.86 bits per heavy atom. The van der Waals surface area contributed by atoms with Gasteiger partial charge in [-0.2, -0.15) is 0 Å². The molecule has 0 radical (unpaired) electrons. The van der Waals surface area contributed by atoms with E-state index in [1.165, 1.54) is 6.07 Å². The number of halogens is 1. The van der Waals surface area contributed by atoms with Gasteiger partial charge in [0.1, 0.15) is 11.9 Å². The summed E-state index contributed by atoms with van der Waals surface area (Å²) in [5.74, 6) is -0.485. The summed E-state index contributed by atoms with van der Waals surface area (Å²) in [6.45, 7) is 1.03. The monoisotopic (exact) mass is 384 g/mol. The zero-order chi connectivity index (χ0) is 19.9. The number of hydrogen-bond donors (Lipinski definition) is 2. The summed E-state index contributed by atoms with van der Waals surface area (Å²) in [4.78, 5) is 27.0. The summed E-state index contributed by atoms with van der Waals surface area (Å²) in [7, 11) is 0. The van der Waals surface area contributed by atoms with Crippen molar-refractivity contribution < 1.29 is 19.7 Å². The highest BCUT2D eigenvalue weighted by Gasteiger charge is 2.34. The summed E-state index contributed by atoms with van der Waals surface area (Å²) >= 11 is 0. The number of rotatable bonds is 7. The molecule has 2 amide bonds. The van der Waals surface area contributed by atoms with Gasteiger partial charge in [0, 0.05) is 19.5 Å². The average molecular weight is 384 g/mol. The van der Waals surface area contributed by atoms with E-state index in [9.17, 15) is 14.0 Å². The van der Waals surface area contributed by atoms with Gasteiger partial charge in [0.15, 0.2) is 0 Å². The highest BCUT2D eigenvalue weighted by molar-refractivity contribution is 5.88. The van der Waals surface area contributed by atoms with Crippen LogP contribution in [0, 0.1) is 5.82 Å². The number of benzene rings is 2. The predicted octanol–water partition coefficient (Wildman–Crippen LogP) is 1.68. The fourth-order valence-electron chi connectivity index (χ4n) is 3.65. The Morgan fingerprint density at radius 3 is 2.61 bits per heavy atom. The molecule has 5 nitrogen and oxygen atoms in total. The molecule has 1 fully saturated rings. The Morgan fingerprint density at radius 1 is 1.14 bits per heavy atom. The lowest BCUT2D eigenvalue weighted by molar-refractivity contribution is -0.418. The Kier molecular flexibility index (Phi) is 6.76. The molecule has 0 aliphatic carbocycles. The molecule has 2 atom stereocenters. The molecule has 28 heavy (non-hydrogen) atoms. The molecular weight excluding hydrogens is 357 g/mol. The first kappa shape index (κ1) is 20.0. The Hall–Kier alpha value is -2.73. The lowest BCUT2D eigenvalue weighted by Crippen LogP contribution is -2.63. The van der Waals surface area contributed by atoms with E-state index in [0.29, 0.717) is 31.5 Å². The molecule has 6 heteroatoms. The smallest absolute Gasteiger partial charge is 0.243 e. The topological polar surface area (TPSA) is 77.1 Å². The van der Waals surface area contributed by atoms with Crippen molar-refractivity contribution in [2.45, 2.75) is 44.3 Å². The standard InChI is InChI=1S/C22H26FN3O2/c23-19-10-5-4-9-17(19)13-18(24)14-21(27)26-12-6-11-20(26)22(28)25-15-16-7-2-1-3-8-16/h1-5,7-10,18,20H,6,11-15,24H2,(H,25,28)/p+1/t18?,20-/m0/s1. The number of carbonyl (C=O) groups excluding carboxylic acids is 2. The molecule has 0 spiro atoms. The number of amides is 2. The van der Waals surface area contributed by atoms with Gasteiger partial charge in [-0.15, -0.1) is 0 Å². The molecule has 4 N–H and O–H groups in total. The van der Waals surface area contributed by atoms with Crippen molar-refractivity contribution in [2.75, 3.05) is 6.54 Å². The highest BCUT2D eigenvalue weighted by Crippen LogP contribution is 2.19. The summed E-state index contributed by atoms with van der Waals surface area (Å²) in [6, 6.07) is 15.6. The van der Waals surface area contributed by atoms with Gasteiger partial charge in [0.05, 0.1) is 12.5 Å². The minimum atomic E-state index is -0.433. The van der Waals surface area contributed by atoms with Gasteiger partial charge < -0.3 is 16.0 Å². The van der Waals surface area contributed by atoms with Gasteiger partial charge in [-0.05, 0) is 30.0 Å². The maximum atomic E-state index is 13.8. The average Bonchev–Trinajstić information content (AvgIpc) is 3.19. The fraction of sp³-hybridized carbons (Fsp3) is 0.364. The number of quaternary nitrogens is 1. The van der Waals surface area contributed by atoms with Crippen LogP contribution in [0.3, 0.4) is 0 Å². The molecule has 0 bridgehead atoms. The van der Waals surface area contributed by atoms with Gasteiger partial charge in [0.2, 0.25) is 11.8 Å². The molecule has 1 heterocycles. The second kappa shape index (κ2) is 9.46.